The van der Waals surface area contributed by atoms with Crippen LogP contribution in [0.3, 0.4) is 0 Å². The maximum absolute atomic E-state index is 14.3. The van der Waals surface area contributed by atoms with E-state index in [4.69, 9.17) is 9.47 Å². The van der Waals surface area contributed by atoms with E-state index in [1.165, 1.54) is 43.0 Å². The zero-order valence-electron chi connectivity index (χ0n) is 18.3. The molecule has 0 N–H and O–H groups in total. The van der Waals surface area contributed by atoms with E-state index in [1.54, 1.807) is 14.2 Å². The molecule has 2 aromatic carbocycles. The summed E-state index contributed by atoms with van der Waals surface area (Å²) < 4.78 is 41.8. The molecule has 3 rings (SSSR count). The van der Waals surface area contributed by atoms with Crippen LogP contribution in [0.25, 0.3) is 0 Å². The molecule has 0 aromatic heterocycles. The van der Waals surface area contributed by atoms with Crippen molar-refractivity contribution < 1.29 is 22.8 Å². The predicted octanol–water partition coefficient (Wildman–Crippen LogP) is 5.90. The van der Waals surface area contributed by atoms with Crippen LogP contribution in [0.2, 0.25) is 0 Å². The van der Waals surface area contributed by atoms with Gasteiger partial charge in [-0.3, -0.25) is 0 Å². The van der Waals surface area contributed by atoms with Crippen LogP contribution in [0.5, 0.6) is 11.5 Å². The van der Waals surface area contributed by atoms with Gasteiger partial charge in [-0.15, -0.1) is 0 Å². The molecule has 0 aliphatic carbocycles. The molecule has 0 spiro atoms. The molecular formula is C25H32F2NO2+. The summed E-state index contributed by atoms with van der Waals surface area (Å²) >= 11 is 0. The zero-order chi connectivity index (χ0) is 21.5. The number of unbranched alkanes of at least 4 members (excludes halogenated alkanes) is 4. The van der Waals surface area contributed by atoms with E-state index in [0.29, 0.717) is 11.5 Å². The number of nitrogens with zero attached hydrogens (tertiary/aromatic N) is 1. The third-order valence-electron chi connectivity index (χ3n) is 5.88. The van der Waals surface area contributed by atoms with Crippen LogP contribution in [-0.2, 0) is 13.0 Å². The number of hydrogen-bond acceptors (Lipinski definition) is 2. The van der Waals surface area contributed by atoms with Crippen LogP contribution < -0.4 is 9.47 Å². The first-order valence-electron chi connectivity index (χ1n) is 10.9. The molecule has 0 saturated heterocycles. The molecule has 162 valence electrons. The van der Waals surface area contributed by atoms with Crippen molar-refractivity contribution in [2.24, 2.45) is 0 Å². The molecule has 0 fully saturated rings. The Bertz CT molecular complexity index is 888. The lowest BCUT2D eigenvalue weighted by Gasteiger charge is -2.21. The van der Waals surface area contributed by atoms with E-state index in [9.17, 15) is 8.78 Å². The van der Waals surface area contributed by atoms with Gasteiger partial charge in [0.15, 0.2) is 23.8 Å². The topological polar surface area (TPSA) is 21.5 Å². The summed E-state index contributed by atoms with van der Waals surface area (Å²) in [5.74, 6) is 0.414. The largest absolute Gasteiger partial charge is 0.493 e. The smallest absolute Gasteiger partial charge is 0.184 e. The summed E-state index contributed by atoms with van der Waals surface area (Å²) in [6.45, 7) is 3.16. The second-order valence-electron chi connectivity index (χ2n) is 7.85. The van der Waals surface area contributed by atoms with Gasteiger partial charge in [0, 0.05) is 18.4 Å². The molecule has 1 aliphatic rings. The molecule has 2 aromatic rings. The van der Waals surface area contributed by atoms with Crippen molar-refractivity contribution in [3.05, 3.63) is 58.7 Å². The van der Waals surface area contributed by atoms with Crippen LogP contribution in [0.1, 0.15) is 62.1 Å². The fraction of sp³-hybridized carbons (Fsp3) is 0.480. The Morgan fingerprint density at radius 2 is 1.60 bits per heavy atom. The number of halogens is 2. The summed E-state index contributed by atoms with van der Waals surface area (Å²) in [4.78, 5) is 0. The van der Waals surface area contributed by atoms with Crippen molar-refractivity contribution >= 4 is 5.71 Å². The van der Waals surface area contributed by atoms with Gasteiger partial charge in [0.1, 0.15) is 18.2 Å². The highest BCUT2D eigenvalue weighted by Crippen LogP contribution is 2.33. The molecule has 5 heteroatoms. The minimum atomic E-state index is -0.490. The summed E-state index contributed by atoms with van der Waals surface area (Å²) in [6, 6.07) is 8.12. The van der Waals surface area contributed by atoms with Gasteiger partial charge in [-0.05, 0) is 36.2 Å². The van der Waals surface area contributed by atoms with Crippen LogP contribution in [-0.4, -0.2) is 31.1 Å². The number of rotatable bonds is 10. The Hall–Kier alpha value is -2.43. The van der Waals surface area contributed by atoms with Crippen molar-refractivity contribution in [2.45, 2.75) is 58.4 Å². The number of hydrogen-bond donors (Lipinski definition) is 0. The van der Waals surface area contributed by atoms with E-state index in [-0.39, 0.29) is 12.1 Å². The minimum absolute atomic E-state index is 0.130. The van der Waals surface area contributed by atoms with Crippen molar-refractivity contribution in [3.8, 4) is 11.5 Å². The van der Waals surface area contributed by atoms with Gasteiger partial charge >= 0.3 is 0 Å². The van der Waals surface area contributed by atoms with Gasteiger partial charge in [-0.25, -0.2) is 13.4 Å². The molecule has 1 aliphatic heterocycles. The monoisotopic (exact) mass is 416 g/mol. The van der Waals surface area contributed by atoms with Gasteiger partial charge in [0.2, 0.25) is 0 Å². The summed E-state index contributed by atoms with van der Waals surface area (Å²) in [5.41, 5.74) is 3.56. The van der Waals surface area contributed by atoms with E-state index in [1.807, 2.05) is 12.1 Å². The van der Waals surface area contributed by atoms with Gasteiger partial charge in [-0.1, -0.05) is 38.7 Å². The Morgan fingerprint density at radius 1 is 0.933 bits per heavy atom. The molecule has 0 saturated carbocycles. The second-order valence-corrected chi connectivity index (χ2v) is 7.85. The van der Waals surface area contributed by atoms with Crippen LogP contribution in [0.4, 0.5) is 8.78 Å². The Morgan fingerprint density at radius 3 is 2.27 bits per heavy atom. The average Bonchev–Trinajstić information content (AvgIpc) is 2.75. The van der Waals surface area contributed by atoms with Gasteiger partial charge in [0.25, 0.3) is 0 Å². The fourth-order valence-corrected chi connectivity index (χ4v) is 4.19. The van der Waals surface area contributed by atoms with E-state index < -0.39 is 11.6 Å². The SMILES string of the molecule is CCCCCCCC1=[N+](Cc2c(F)cccc2F)CCc2cc(OC)c(OC)cc21. The third kappa shape index (κ3) is 5.00. The van der Waals surface area contributed by atoms with E-state index in [0.717, 1.165) is 43.5 Å². The molecule has 0 unspecified atom stereocenters. The van der Waals surface area contributed by atoms with Crippen LogP contribution >= 0.6 is 0 Å². The molecular weight excluding hydrogens is 384 g/mol. The molecule has 0 radical (unpaired) electrons. The van der Waals surface area contributed by atoms with Gasteiger partial charge in [0.05, 0.1) is 19.8 Å². The van der Waals surface area contributed by atoms with Crippen LogP contribution in [0.15, 0.2) is 30.3 Å². The zero-order valence-corrected chi connectivity index (χ0v) is 18.3. The van der Waals surface area contributed by atoms with Crippen molar-refractivity contribution in [3.63, 3.8) is 0 Å². The highest BCUT2D eigenvalue weighted by atomic mass is 19.1. The highest BCUT2D eigenvalue weighted by molar-refractivity contribution is 5.99. The lowest BCUT2D eigenvalue weighted by atomic mass is 9.92. The molecule has 0 amide bonds. The Balaban J connectivity index is 1.98. The molecule has 3 nitrogen and oxygen atoms in total. The van der Waals surface area contributed by atoms with Gasteiger partial charge in [-0.2, -0.15) is 0 Å². The van der Waals surface area contributed by atoms with Gasteiger partial charge < -0.3 is 9.47 Å². The predicted molar refractivity (Wildman–Crippen MR) is 116 cm³/mol. The quantitative estimate of drug-likeness (QED) is 0.355. The number of benzene rings is 2. The third-order valence-corrected chi connectivity index (χ3v) is 5.88. The molecule has 1 heterocycles. The molecule has 0 bridgehead atoms. The first-order chi connectivity index (χ1) is 14.6. The Labute approximate surface area is 178 Å². The number of methoxy groups -OCH3 is 2. The van der Waals surface area contributed by atoms with E-state index in [2.05, 4.69) is 11.5 Å². The maximum Gasteiger partial charge on any atom is 0.184 e. The summed E-state index contributed by atoms with van der Waals surface area (Å²) in [7, 11) is 3.27. The minimum Gasteiger partial charge on any atom is -0.493 e. The average molecular weight is 417 g/mol. The summed E-state index contributed by atoms with van der Waals surface area (Å²) in [6.07, 6.45) is 7.54. The van der Waals surface area contributed by atoms with Crippen molar-refractivity contribution in [1.82, 2.24) is 0 Å². The lowest BCUT2D eigenvalue weighted by molar-refractivity contribution is -0.546. The normalized spacial score (nSPS) is 13.4. The standard InChI is InChI=1S/C25H32F2NO2/c1-4-5-6-7-8-12-23-19-16-25(30-3)24(29-2)15-18(19)13-14-28(23)17-20-21(26)10-9-11-22(20)27/h9-11,15-16H,4-8,12-14,17H2,1-3H3/q+1. The second kappa shape index (κ2) is 10.6. The highest BCUT2D eigenvalue weighted by Gasteiger charge is 2.29. The maximum atomic E-state index is 14.3. The number of fused-ring (bicyclic) bond motifs is 1. The van der Waals surface area contributed by atoms with Crippen molar-refractivity contribution in [2.75, 3.05) is 20.8 Å². The van der Waals surface area contributed by atoms with E-state index >= 15 is 0 Å². The lowest BCUT2D eigenvalue weighted by Crippen LogP contribution is -2.30. The fourth-order valence-electron chi connectivity index (χ4n) is 4.19. The number of ether oxygens (including phenoxy) is 2. The summed E-state index contributed by atoms with van der Waals surface area (Å²) in [5, 5.41) is 0. The molecule has 0 atom stereocenters. The molecule has 30 heavy (non-hydrogen) atoms. The first kappa shape index (κ1) is 22.3. The van der Waals surface area contributed by atoms with Crippen molar-refractivity contribution in [1.29, 1.82) is 0 Å². The van der Waals surface area contributed by atoms with Crippen LogP contribution in [0, 0.1) is 11.6 Å². The Kier molecular flexibility index (Phi) is 7.83. The first-order valence-corrected chi connectivity index (χ1v) is 10.9.